The molecule has 3 N–H and O–H groups in total. The molecule has 0 saturated carbocycles. The van der Waals surface area contributed by atoms with E-state index in [2.05, 4.69) is 20.0 Å². The van der Waals surface area contributed by atoms with Gasteiger partial charge in [0.25, 0.3) is 5.91 Å². The number of carbonyl (C=O) groups excluding carboxylic acids is 2. The van der Waals surface area contributed by atoms with E-state index in [9.17, 15) is 33.8 Å². The van der Waals surface area contributed by atoms with Gasteiger partial charge in [-0.25, -0.2) is 19.2 Å². The van der Waals surface area contributed by atoms with Gasteiger partial charge >= 0.3 is 17.1 Å². The Balaban J connectivity index is 0.000000201. The van der Waals surface area contributed by atoms with E-state index in [1.165, 1.54) is 60.9 Å². The van der Waals surface area contributed by atoms with Crippen LogP contribution in [0.1, 0.15) is 26.5 Å². The number of fused-ring (bicyclic) bond motifs is 2. The van der Waals surface area contributed by atoms with Gasteiger partial charge in [0.1, 0.15) is 17.1 Å². The maximum atomic E-state index is 12.8. The number of rotatable bonds is 4. The Morgan fingerprint density at radius 2 is 1.34 bits per heavy atom. The molecule has 0 aliphatic carbocycles. The molecule has 5 rings (SSSR count). The number of hydrogen-bond acceptors (Lipinski definition) is 9. The van der Waals surface area contributed by atoms with Crippen molar-refractivity contribution in [2.24, 2.45) is 0 Å². The Morgan fingerprint density at radius 3 is 1.85 bits per heavy atom. The number of aromatic nitrogens is 4. The summed E-state index contributed by atoms with van der Waals surface area (Å²) in [5, 5.41) is 22.6. The second kappa shape index (κ2) is 12.0. The maximum absolute atomic E-state index is 12.8. The molecule has 0 aliphatic heterocycles. The van der Waals surface area contributed by atoms with Gasteiger partial charge in [0.05, 0.1) is 17.2 Å². The largest absolute Gasteiger partial charge is 0.501 e. The number of nitrogens with zero attached hydrogens (tertiary/aromatic N) is 4. The fourth-order valence-electron chi connectivity index (χ4n) is 3.47. The minimum absolute atomic E-state index is 0.0974. The van der Waals surface area contributed by atoms with Crippen molar-refractivity contribution in [3.63, 3.8) is 0 Å². The van der Waals surface area contributed by atoms with Crippen molar-refractivity contribution in [3.8, 4) is 11.5 Å². The first-order valence-corrected chi connectivity index (χ1v) is 12.2. The van der Waals surface area contributed by atoms with Crippen molar-refractivity contribution < 1.29 is 28.9 Å². The second-order valence-electron chi connectivity index (χ2n) is 8.18. The summed E-state index contributed by atoms with van der Waals surface area (Å²) in [4.78, 5) is 55.1. The number of methoxy groups -OCH3 is 1. The highest BCUT2D eigenvalue weighted by atomic mass is 35.5. The molecule has 12 nitrogen and oxygen atoms in total. The molecule has 1 aromatic carbocycles. The van der Waals surface area contributed by atoms with Gasteiger partial charge in [0.15, 0.2) is 11.4 Å². The molecule has 0 aliphatic rings. The van der Waals surface area contributed by atoms with Crippen LogP contribution in [0.25, 0.3) is 11.3 Å². The highest BCUT2D eigenvalue weighted by Gasteiger charge is 2.20. The number of halogens is 3. The van der Waals surface area contributed by atoms with Crippen LogP contribution < -0.4 is 16.4 Å². The Bertz CT molecular complexity index is 1930. The van der Waals surface area contributed by atoms with Gasteiger partial charge in [0, 0.05) is 18.9 Å². The van der Waals surface area contributed by atoms with E-state index in [4.69, 9.17) is 23.2 Å². The van der Waals surface area contributed by atoms with Gasteiger partial charge in [-0.3, -0.25) is 23.2 Å². The molecule has 0 saturated heterocycles. The van der Waals surface area contributed by atoms with E-state index in [-0.39, 0.29) is 29.4 Å². The quantitative estimate of drug-likeness (QED) is 0.262. The van der Waals surface area contributed by atoms with Crippen LogP contribution in [0, 0.1) is 5.82 Å². The van der Waals surface area contributed by atoms with E-state index in [1.54, 1.807) is 0 Å². The first-order chi connectivity index (χ1) is 19.5. The third-order valence-electron chi connectivity index (χ3n) is 5.49. The number of hydrogen-bond donors (Lipinski definition) is 3. The molecule has 0 spiro atoms. The van der Waals surface area contributed by atoms with E-state index in [1.807, 2.05) is 0 Å². The summed E-state index contributed by atoms with van der Waals surface area (Å²) in [5.74, 6) is -3.52. The number of nitrogens with one attached hydrogen (secondary N) is 1. The highest BCUT2D eigenvalue weighted by Crippen LogP contribution is 2.15. The van der Waals surface area contributed by atoms with Gasteiger partial charge in [-0.1, -0.05) is 35.3 Å². The van der Waals surface area contributed by atoms with Gasteiger partial charge in [-0.05, 0) is 42.0 Å². The Labute approximate surface area is 238 Å². The Kier molecular flexibility index (Phi) is 8.50. The molecule has 210 valence electrons. The summed E-state index contributed by atoms with van der Waals surface area (Å²) in [7, 11) is 1.13. The van der Waals surface area contributed by atoms with E-state index in [0.717, 1.165) is 15.9 Å². The molecule has 1 amide bonds. The Hall–Kier alpha value is -5.01. The lowest BCUT2D eigenvalue weighted by Gasteiger charge is -2.08. The normalized spacial score (nSPS) is 10.6. The number of amides is 1. The predicted molar refractivity (Wildman–Crippen MR) is 145 cm³/mol. The summed E-state index contributed by atoms with van der Waals surface area (Å²) in [6.45, 7) is 0.0974. The fraction of sp³-hybridized carbons (Fsp3) is 0.0769. The first kappa shape index (κ1) is 29.0. The van der Waals surface area contributed by atoms with Crippen molar-refractivity contribution in [1.29, 1.82) is 0 Å². The SMILES string of the molecule is COC(=O)c1nc2ccc(Cl)cn2c(=O)c1O.O=C(NCc1ccc(F)cc1)c1nc2ccc(Cl)cn2c(=O)c1O. The third-order valence-corrected chi connectivity index (χ3v) is 5.93. The van der Waals surface area contributed by atoms with Crippen LogP contribution in [0.15, 0.2) is 70.5 Å². The monoisotopic (exact) mass is 601 g/mol. The van der Waals surface area contributed by atoms with Crippen LogP contribution in [0.2, 0.25) is 10.0 Å². The summed E-state index contributed by atoms with van der Waals surface area (Å²) in [5.41, 5.74) is -1.35. The Morgan fingerprint density at radius 1 is 0.854 bits per heavy atom. The summed E-state index contributed by atoms with van der Waals surface area (Å²) >= 11 is 11.5. The molecule has 41 heavy (non-hydrogen) atoms. The lowest BCUT2D eigenvalue weighted by Crippen LogP contribution is -2.27. The molecular formula is C26H18Cl2FN5O7. The van der Waals surface area contributed by atoms with Crippen LogP contribution >= 0.6 is 23.2 Å². The molecule has 4 heterocycles. The number of benzene rings is 1. The van der Waals surface area contributed by atoms with Crippen LogP contribution in [-0.4, -0.2) is 48.0 Å². The van der Waals surface area contributed by atoms with Crippen molar-refractivity contribution in [3.05, 3.63) is 114 Å². The molecule has 5 aromatic rings. The molecule has 0 fully saturated rings. The zero-order chi connectivity index (χ0) is 29.8. The number of ether oxygens (including phenoxy) is 1. The lowest BCUT2D eigenvalue weighted by atomic mass is 10.2. The fourth-order valence-corrected chi connectivity index (χ4v) is 3.79. The smallest absolute Gasteiger partial charge is 0.360 e. The third kappa shape index (κ3) is 6.26. The number of pyridine rings is 2. The molecule has 0 radical (unpaired) electrons. The van der Waals surface area contributed by atoms with E-state index >= 15 is 0 Å². The number of carbonyl (C=O) groups is 2. The molecule has 0 unspecified atom stereocenters. The van der Waals surface area contributed by atoms with Gasteiger partial charge in [0.2, 0.25) is 11.5 Å². The van der Waals surface area contributed by atoms with Gasteiger partial charge in [-0.2, -0.15) is 0 Å². The zero-order valence-electron chi connectivity index (χ0n) is 20.8. The van der Waals surface area contributed by atoms with Crippen LogP contribution in [0.3, 0.4) is 0 Å². The van der Waals surface area contributed by atoms with Crippen molar-refractivity contribution in [2.75, 3.05) is 7.11 Å². The average molecular weight is 602 g/mol. The summed E-state index contributed by atoms with van der Waals surface area (Å²) < 4.78 is 19.4. The van der Waals surface area contributed by atoms with Gasteiger partial charge in [-0.15, -0.1) is 0 Å². The molecule has 0 atom stereocenters. The van der Waals surface area contributed by atoms with Crippen LogP contribution in [0.5, 0.6) is 11.5 Å². The zero-order valence-corrected chi connectivity index (χ0v) is 22.4. The summed E-state index contributed by atoms with van der Waals surface area (Å²) in [6, 6.07) is 11.5. The minimum atomic E-state index is -0.878. The minimum Gasteiger partial charge on any atom is -0.501 e. The van der Waals surface area contributed by atoms with Crippen LogP contribution in [-0.2, 0) is 11.3 Å². The van der Waals surface area contributed by atoms with E-state index < -0.39 is 40.2 Å². The van der Waals surface area contributed by atoms with Crippen molar-refractivity contribution >= 4 is 46.4 Å². The molecule has 0 bridgehead atoms. The molecule has 4 aromatic heterocycles. The first-order valence-electron chi connectivity index (χ1n) is 11.4. The maximum Gasteiger partial charge on any atom is 0.360 e. The van der Waals surface area contributed by atoms with Crippen molar-refractivity contribution in [1.82, 2.24) is 24.1 Å². The second-order valence-corrected chi connectivity index (χ2v) is 9.05. The standard InChI is InChI=1S/C16H11ClFN3O3.C10H7ClN2O4/c17-10-3-6-12-20-13(14(22)16(24)21(12)8-10)15(23)19-7-9-1-4-11(18)5-2-9;1-17-10(16)7-8(14)9(15)13-4-5(11)2-3-6(13)12-7/h1-6,8,22H,7H2,(H,19,23);2-4,14H,1H3. The highest BCUT2D eigenvalue weighted by molar-refractivity contribution is 6.30. The number of esters is 1. The summed E-state index contributed by atoms with van der Waals surface area (Å²) in [6.07, 6.45) is 2.60. The van der Waals surface area contributed by atoms with E-state index in [0.29, 0.717) is 15.6 Å². The van der Waals surface area contributed by atoms with Gasteiger partial charge < -0.3 is 20.3 Å². The van der Waals surface area contributed by atoms with Crippen molar-refractivity contribution in [2.45, 2.75) is 6.54 Å². The molecule has 15 heteroatoms. The molecular weight excluding hydrogens is 584 g/mol. The van der Waals surface area contributed by atoms with Crippen LogP contribution in [0.4, 0.5) is 4.39 Å². The number of aromatic hydroxyl groups is 2. The predicted octanol–water partition coefficient (Wildman–Crippen LogP) is 2.96. The average Bonchev–Trinajstić information content (AvgIpc) is 2.96. The topological polar surface area (TPSA) is 165 Å². The lowest BCUT2D eigenvalue weighted by molar-refractivity contribution is 0.0590.